The molecule has 2 unspecified atom stereocenters. The molecule has 1 fully saturated rings. The lowest BCUT2D eigenvalue weighted by atomic mass is 9.89. The molecule has 156 valence electrons. The van der Waals surface area contributed by atoms with Crippen LogP contribution in [0.3, 0.4) is 0 Å². The number of aldehydes is 1. The lowest BCUT2D eigenvalue weighted by Gasteiger charge is -2.41. The van der Waals surface area contributed by atoms with E-state index in [4.69, 9.17) is 14.2 Å². The van der Waals surface area contributed by atoms with Crippen molar-refractivity contribution in [2.45, 2.75) is 51.2 Å². The summed E-state index contributed by atoms with van der Waals surface area (Å²) in [6, 6.07) is 13.9. The molecule has 0 amide bonds. The van der Waals surface area contributed by atoms with Crippen LogP contribution in [0, 0.1) is 0 Å². The molecule has 29 heavy (non-hydrogen) atoms. The third-order valence-electron chi connectivity index (χ3n) is 5.52. The fraction of sp³-hybridized carbons (Fsp3) is 0.458. The van der Waals surface area contributed by atoms with Gasteiger partial charge >= 0.3 is 0 Å². The molecule has 1 saturated heterocycles. The van der Waals surface area contributed by atoms with E-state index in [9.17, 15) is 4.79 Å². The number of piperidine rings is 1. The van der Waals surface area contributed by atoms with Crippen LogP contribution in [0.5, 0.6) is 17.2 Å². The zero-order valence-electron chi connectivity index (χ0n) is 17.6. The highest BCUT2D eigenvalue weighted by Crippen LogP contribution is 2.43. The number of nitrogens with zero attached hydrogens (tertiary/aromatic N) is 1. The Kier molecular flexibility index (Phi) is 7.53. The Hall–Kier alpha value is -2.53. The highest BCUT2D eigenvalue weighted by atomic mass is 16.5. The van der Waals surface area contributed by atoms with Crippen LogP contribution in [0.2, 0.25) is 0 Å². The third-order valence-corrected chi connectivity index (χ3v) is 5.52. The van der Waals surface area contributed by atoms with Gasteiger partial charge in [-0.05, 0) is 55.5 Å². The Labute approximate surface area is 173 Å². The molecule has 2 aromatic rings. The lowest BCUT2D eigenvalue weighted by molar-refractivity contribution is -0.115. The van der Waals surface area contributed by atoms with Crippen molar-refractivity contribution in [3.8, 4) is 17.2 Å². The van der Waals surface area contributed by atoms with Crippen molar-refractivity contribution >= 4 is 6.29 Å². The van der Waals surface area contributed by atoms with Crippen LogP contribution in [-0.4, -0.2) is 38.1 Å². The second-order valence-corrected chi connectivity index (χ2v) is 7.39. The fourth-order valence-electron chi connectivity index (χ4n) is 4.10. The van der Waals surface area contributed by atoms with E-state index in [1.165, 1.54) is 0 Å². The second kappa shape index (κ2) is 10.3. The van der Waals surface area contributed by atoms with Gasteiger partial charge in [0.05, 0.1) is 32.4 Å². The maximum Gasteiger partial charge on any atom is 0.137 e. The summed E-state index contributed by atoms with van der Waals surface area (Å²) in [4.78, 5) is 14.2. The van der Waals surface area contributed by atoms with Crippen LogP contribution < -0.4 is 14.2 Å². The minimum Gasteiger partial charge on any atom is -0.496 e. The minimum absolute atomic E-state index is 0.0565. The van der Waals surface area contributed by atoms with Gasteiger partial charge in [-0.15, -0.1) is 0 Å². The zero-order chi connectivity index (χ0) is 20.6. The van der Waals surface area contributed by atoms with Gasteiger partial charge in [0.15, 0.2) is 0 Å². The molecule has 0 bridgehead atoms. The number of carbonyl (C=O) groups is 1. The van der Waals surface area contributed by atoms with E-state index >= 15 is 0 Å². The predicted molar refractivity (Wildman–Crippen MR) is 114 cm³/mol. The normalized spacial score (nSPS) is 19.6. The molecule has 1 aliphatic heterocycles. The molecule has 0 spiro atoms. The average Bonchev–Trinajstić information content (AvgIpc) is 2.78. The van der Waals surface area contributed by atoms with Crippen LogP contribution in [0.15, 0.2) is 42.5 Å². The van der Waals surface area contributed by atoms with Gasteiger partial charge in [-0.25, -0.2) is 0 Å². The molecule has 0 aromatic heterocycles. The van der Waals surface area contributed by atoms with Crippen LogP contribution in [0.25, 0.3) is 0 Å². The molecule has 5 heteroatoms. The van der Waals surface area contributed by atoms with Gasteiger partial charge in [0.25, 0.3) is 0 Å². The maximum absolute atomic E-state index is 11.9. The number of benzene rings is 2. The van der Waals surface area contributed by atoms with Gasteiger partial charge in [0, 0.05) is 12.6 Å². The Bertz CT molecular complexity index is 768. The minimum atomic E-state index is -0.126. The fourth-order valence-corrected chi connectivity index (χ4v) is 4.10. The van der Waals surface area contributed by atoms with Gasteiger partial charge in [0.1, 0.15) is 23.5 Å². The first-order valence-electron chi connectivity index (χ1n) is 10.4. The number of hydrogen-bond donors (Lipinski definition) is 0. The van der Waals surface area contributed by atoms with E-state index in [1.807, 2.05) is 30.3 Å². The van der Waals surface area contributed by atoms with Crippen molar-refractivity contribution in [2.24, 2.45) is 0 Å². The van der Waals surface area contributed by atoms with Gasteiger partial charge in [-0.2, -0.15) is 0 Å². The summed E-state index contributed by atoms with van der Waals surface area (Å²) < 4.78 is 17.0. The van der Waals surface area contributed by atoms with Crippen molar-refractivity contribution in [3.63, 3.8) is 0 Å². The quantitative estimate of drug-likeness (QED) is 0.570. The van der Waals surface area contributed by atoms with Gasteiger partial charge in [0.2, 0.25) is 0 Å². The molecule has 2 atom stereocenters. The predicted octanol–water partition coefficient (Wildman–Crippen LogP) is 4.79. The lowest BCUT2D eigenvalue weighted by Crippen LogP contribution is -2.42. The Morgan fingerprint density at radius 3 is 2.31 bits per heavy atom. The van der Waals surface area contributed by atoms with Crippen molar-refractivity contribution < 1.29 is 19.0 Å². The highest BCUT2D eigenvalue weighted by Gasteiger charge is 2.34. The van der Waals surface area contributed by atoms with Gasteiger partial charge < -0.3 is 19.0 Å². The van der Waals surface area contributed by atoms with Crippen molar-refractivity contribution in [1.29, 1.82) is 0 Å². The number of methoxy groups -OCH3 is 2. The molecule has 5 nitrogen and oxygen atoms in total. The molecule has 0 aliphatic carbocycles. The summed E-state index contributed by atoms with van der Waals surface area (Å²) in [5, 5.41) is 0. The molecule has 3 rings (SSSR count). The van der Waals surface area contributed by atoms with Crippen molar-refractivity contribution in [2.75, 3.05) is 20.8 Å². The number of likely N-dealkylation sites (tertiary alicyclic amines) is 1. The van der Waals surface area contributed by atoms with E-state index in [0.29, 0.717) is 13.2 Å². The number of hydrogen-bond acceptors (Lipinski definition) is 5. The second-order valence-electron chi connectivity index (χ2n) is 7.39. The Morgan fingerprint density at radius 2 is 1.72 bits per heavy atom. The van der Waals surface area contributed by atoms with Crippen LogP contribution >= 0.6 is 0 Å². The van der Waals surface area contributed by atoms with E-state index in [2.05, 4.69) is 24.0 Å². The number of carbonyl (C=O) groups excluding carboxylic acids is 1. The van der Waals surface area contributed by atoms with Crippen molar-refractivity contribution in [1.82, 2.24) is 4.90 Å². The van der Waals surface area contributed by atoms with Gasteiger partial charge in [-0.3, -0.25) is 4.90 Å². The van der Waals surface area contributed by atoms with E-state index < -0.39 is 0 Å². The molecule has 0 N–H and O–H groups in total. The smallest absolute Gasteiger partial charge is 0.137 e. The molecule has 0 saturated carbocycles. The van der Waals surface area contributed by atoms with Crippen molar-refractivity contribution in [3.05, 3.63) is 53.6 Å². The van der Waals surface area contributed by atoms with Crippen LogP contribution in [0.4, 0.5) is 0 Å². The standard InChI is InChI=1S/C24H31NO4/c1-4-15-29-20-13-11-18(12-14-20)16-25-19(17-26)7-5-8-21(25)24-22(27-2)9-6-10-23(24)28-3/h6,9-14,17,19,21H,4-5,7-8,15-16H2,1-3H3. The summed E-state index contributed by atoms with van der Waals surface area (Å²) in [7, 11) is 3.36. The Morgan fingerprint density at radius 1 is 1.03 bits per heavy atom. The zero-order valence-corrected chi connectivity index (χ0v) is 17.6. The third kappa shape index (κ3) is 4.91. The monoisotopic (exact) mass is 397 g/mol. The molecule has 1 heterocycles. The molecular weight excluding hydrogens is 366 g/mol. The first-order valence-corrected chi connectivity index (χ1v) is 10.4. The van der Waals surface area contributed by atoms with E-state index in [0.717, 1.165) is 60.3 Å². The Balaban J connectivity index is 1.90. The first kappa shape index (κ1) is 21.2. The van der Waals surface area contributed by atoms with Gasteiger partial charge in [-0.1, -0.05) is 25.1 Å². The molecular formula is C24H31NO4. The largest absolute Gasteiger partial charge is 0.496 e. The topological polar surface area (TPSA) is 48.0 Å². The summed E-state index contributed by atoms with van der Waals surface area (Å²) in [5.74, 6) is 2.48. The number of rotatable bonds is 9. The summed E-state index contributed by atoms with van der Waals surface area (Å²) in [6.07, 6.45) is 4.88. The summed E-state index contributed by atoms with van der Waals surface area (Å²) in [6.45, 7) is 3.49. The first-order chi connectivity index (χ1) is 14.2. The number of ether oxygens (including phenoxy) is 3. The van der Waals surface area contributed by atoms with E-state index in [1.54, 1.807) is 14.2 Å². The summed E-state index contributed by atoms with van der Waals surface area (Å²) in [5.41, 5.74) is 2.17. The summed E-state index contributed by atoms with van der Waals surface area (Å²) >= 11 is 0. The molecule has 0 radical (unpaired) electrons. The van der Waals surface area contributed by atoms with Crippen LogP contribution in [0.1, 0.15) is 49.8 Å². The van der Waals surface area contributed by atoms with E-state index in [-0.39, 0.29) is 12.1 Å². The molecule has 1 aliphatic rings. The maximum atomic E-state index is 11.9. The average molecular weight is 398 g/mol. The van der Waals surface area contributed by atoms with Crippen LogP contribution in [-0.2, 0) is 11.3 Å². The molecule has 2 aromatic carbocycles. The SMILES string of the molecule is CCCOc1ccc(CN2C(C=O)CCCC2c2c(OC)cccc2OC)cc1. The highest BCUT2D eigenvalue weighted by molar-refractivity contribution is 5.59.